The molecule has 0 aromatic carbocycles. The lowest BCUT2D eigenvalue weighted by Crippen LogP contribution is -2.29. The van der Waals surface area contributed by atoms with Crippen LogP contribution in [0.3, 0.4) is 0 Å². The molecule has 0 spiro atoms. The van der Waals surface area contributed by atoms with Crippen molar-refractivity contribution in [3.63, 3.8) is 0 Å². The number of nitrogens with one attached hydrogen (secondary N) is 1. The summed E-state index contributed by atoms with van der Waals surface area (Å²) < 4.78 is 5.50. The molecule has 1 aromatic heterocycles. The zero-order valence-corrected chi connectivity index (χ0v) is 11.7. The van der Waals surface area contributed by atoms with Crippen LogP contribution in [0.1, 0.15) is 32.4 Å². The highest BCUT2D eigenvalue weighted by atomic mass is 32.1. The minimum atomic E-state index is -0.107. The number of hydrogen-bond donors (Lipinski definition) is 2. The first-order chi connectivity index (χ1) is 9.15. The van der Waals surface area contributed by atoms with Crippen LogP contribution in [0.15, 0.2) is 10.5 Å². The van der Waals surface area contributed by atoms with Gasteiger partial charge in [-0.15, -0.1) is 11.3 Å². The van der Waals surface area contributed by atoms with E-state index in [2.05, 4.69) is 15.5 Å². The summed E-state index contributed by atoms with van der Waals surface area (Å²) in [6.45, 7) is 4.30. The van der Waals surface area contributed by atoms with E-state index >= 15 is 0 Å². The number of oxime groups is 1. The fraction of sp³-hybridized carbons (Fsp3) is 0.583. The van der Waals surface area contributed by atoms with E-state index in [1.165, 1.54) is 11.3 Å². The van der Waals surface area contributed by atoms with Crippen molar-refractivity contribution in [3.05, 3.63) is 11.1 Å². The van der Waals surface area contributed by atoms with Gasteiger partial charge in [0.15, 0.2) is 5.13 Å². The van der Waals surface area contributed by atoms with Crippen LogP contribution in [-0.4, -0.2) is 34.5 Å². The largest absolute Gasteiger partial charge is 0.411 e. The molecule has 1 saturated heterocycles. The zero-order valence-electron chi connectivity index (χ0n) is 10.9. The van der Waals surface area contributed by atoms with Gasteiger partial charge in [0.25, 0.3) is 0 Å². The van der Waals surface area contributed by atoms with E-state index in [0.29, 0.717) is 23.1 Å². The van der Waals surface area contributed by atoms with Crippen molar-refractivity contribution in [1.29, 1.82) is 0 Å². The molecule has 2 atom stereocenters. The predicted molar refractivity (Wildman–Crippen MR) is 72.9 cm³/mol. The monoisotopic (exact) mass is 283 g/mol. The second-order valence-corrected chi connectivity index (χ2v) is 5.28. The van der Waals surface area contributed by atoms with Crippen molar-refractivity contribution in [2.45, 2.75) is 32.8 Å². The Hall–Kier alpha value is -1.47. The van der Waals surface area contributed by atoms with Crippen molar-refractivity contribution in [1.82, 2.24) is 4.98 Å². The number of thiazole rings is 1. The molecule has 0 aliphatic carbocycles. The lowest BCUT2D eigenvalue weighted by Gasteiger charge is -2.15. The SMILES string of the molecule is CCC1OCCC1C(=O)Nc1nc(C(C)=NO)cs1. The highest BCUT2D eigenvalue weighted by Crippen LogP contribution is 2.25. The van der Waals surface area contributed by atoms with Crippen molar-refractivity contribution in [2.24, 2.45) is 11.1 Å². The second-order valence-electron chi connectivity index (χ2n) is 4.43. The molecule has 0 radical (unpaired) electrons. The van der Waals surface area contributed by atoms with Crippen LogP contribution in [0, 0.1) is 5.92 Å². The van der Waals surface area contributed by atoms with Gasteiger partial charge in [0.2, 0.25) is 5.91 Å². The first-order valence-corrected chi connectivity index (χ1v) is 7.10. The number of carbonyl (C=O) groups excluding carboxylic acids is 1. The summed E-state index contributed by atoms with van der Waals surface area (Å²) >= 11 is 1.31. The number of rotatable bonds is 4. The van der Waals surface area contributed by atoms with Gasteiger partial charge in [-0.3, -0.25) is 4.79 Å². The van der Waals surface area contributed by atoms with Crippen molar-refractivity contribution in [3.8, 4) is 0 Å². The zero-order chi connectivity index (χ0) is 13.8. The fourth-order valence-electron chi connectivity index (χ4n) is 2.10. The van der Waals surface area contributed by atoms with Gasteiger partial charge in [0, 0.05) is 12.0 Å². The van der Waals surface area contributed by atoms with Crippen molar-refractivity contribution >= 4 is 28.1 Å². The van der Waals surface area contributed by atoms with Gasteiger partial charge < -0.3 is 15.3 Å². The van der Waals surface area contributed by atoms with Gasteiger partial charge in [-0.05, 0) is 19.8 Å². The van der Waals surface area contributed by atoms with Crippen LogP contribution in [0.2, 0.25) is 0 Å². The molecule has 2 rings (SSSR count). The Morgan fingerprint density at radius 2 is 2.53 bits per heavy atom. The number of nitrogens with zero attached hydrogens (tertiary/aromatic N) is 2. The van der Waals surface area contributed by atoms with Gasteiger partial charge in [-0.1, -0.05) is 12.1 Å². The second kappa shape index (κ2) is 6.12. The molecule has 0 saturated carbocycles. The molecule has 0 bridgehead atoms. The first kappa shape index (κ1) is 14.0. The third-order valence-electron chi connectivity index (χ3n) is 3.20. The van der Waals surface area contributed by atoms with Crippen LogP contribution >= 0.6 is 11.3 Å². The van der Waals surface area contributed by atoms with Gasteiger partial charge >= 0.3 is 0 Å². The van der Waals surface area contributed by atoms with Crippen molar-refractivity contribution < 1.29 is 14.7 Å². The predicted octanol–water partition coefficient (Wildman–Crippen LogP) is 2.09. The number of amides is 1. The lowest BCUT2D eigenvalue weighted by atomic mass is 9.99. The Bertz CT molecular complexity index is 486. The van der Waals surface area contributed by atoms with Gasteiger partial charge in [0.05, 0.1) is 12.0 Å². The van der Waals surface area contributed by atoms with Crippen LogP contribution in [0.25, 0.3) is 0 Å². The van der Waals surface area contributed by atoms with Crippen LogP contribution < -0.4 is 5.32 Å². The van der Waals surface area contributed by atoms with Crippen LogP contribution in [-0.2, 0) is 9.53 Å². The normalized spacial score (nSPS) is 23.6. The van der Waals surface area contributed by atoms with Crippen molar-refractivity contribution in [2.75, 3.05) is 11.9 Å². The summed E-state index contributed by atoms with van der Waals surface area (Å²) in [5, 5.41) is 16.8. The average Bonchev–Trinajstić information content (AvgIpc) is 3.05. The molecule has 6 nitrogen and oxygen atoms in total. The molecule has 1 aromatic rings. The third kappa shape index (κ3) is 3.10. The summed E-state index contributed by atoms with van der Waals surface area (Å²) in [4.78, 5) is 16.3. The maximum absolute atomic E-state index is 12.1. The van der Waals surface area contributed by atoms with Gasteiger partial charge in [-0.2, -0.15) is 0 Å². The summed E-state index contributed by atoms with van der Waals surface area (Å²) in [5.74, 6) is -0.159. The minimum Gasteiger partial charge on any atom is -0.411 e. The molecule has 2 heterocycles. The van der Waals surface area contributed by atoms with Crippen LogP contribution in [0.5, 0.6) is 0 Å². The number of ether oxygens (including phenoxy) is 1. The van der Waals surface area contributed by atoms with E-state index in [9.17, 15) is 4.79 Å². The number of hydrogen-bond acceptors (Lipinski definition) is 6. The summed E-state index contributed by atoms with van der Waals surface area (Å²) in [5.41, 5.74) is 0.991. The van der Waals surface area contributed by atoms with Gasteiger partial charge in [-0.25, -0.2) is 4.98 Å². The fourth-order valence-corrected chi connectivity index (χ4v) is 2.85. The Kier molecular flexibility index (Phi) is 4.49. The Morgan fingerprint density at radius 3 is 3.21 bits per heavy atom. The minimum absolute atomic E-state index is 0.000160. The molecule has 2 N–H and O–H groups in total. The van der Waals surface area contributed by atoms with E-state index in [-0.39, 0.29) is 17.9 Å². The van der Waals surface area contributed by atoms with Crippen LogP contribution in [0.4, 0.5) is 5.13 Å². The highest BCUT2D eigenvalue weighted by molar-refractivity contribution is 7.14. The number of anilines is 1. The molecular weight excluding hydrogens is 266 g/mol. The number of carbonyl (C=O) groups is 1. The molecular formula is C12H17N3O3S. The summed E-state index contributed by atoms with van der Waals surface area (Å²) in [6.07, 6.45) is 1.58. The highest BCUT2D eigenvalue weighted by Gasteiger charge is 2.33. The summed E-state index contributed by atoms with van der Waals surface area (Å²) in [6, 6.07) is 0. The smallest absolute Gasteiger partial charge is 0.231 e. The molecule has 104 valence electrons. The Morgan fingerprint density at radius 1 is 1.74 bits per heavy atom. The Balaban J connectivity index is 2.01. The molecule has 2 unspecified atom stereocenters. The maximum atomic E-state index is 12.1. The van der Waals surface area contributed by atoms with E-state index in [1.807, 2.05) is 6.92 Å². The first-order valence-electron chi connectivity index (χ1n) is 6.22. The molecule has 1 aliphatic rings. The molecule has 1 amide bonds. The average molecular weight is 283 g/mol. The molecule has 7 heteroatoms. The maximum Gasteiger partial charge on any atom is 0.231 e. The van der Waals surface area contributed by atoms with E-state index < -0.39 is 0 Å². The molecule has 19 heavy (non-hydrogen) atoms. The van der Waals surface area contributed by atoms with E-state index in [1.54, 1.807) is 12.3 Å². The quantitative estimate of drug-likeness (QED) is 0.503. The van der Waals surface area contributed by atoms with E-state index in [0.717, 1.165) is 12.8 Å². The standard InChI is InChI=1S/C12H17N3O3S/c1-3-10-8(4-5-18-10)11(16)14-12-13-9(6-19-12)7(2)15-17/h6,8,10,17H,3-5H2,1-2H3,(H,13,14,16). The van der Waals surface area contributed by atoms with E-state index in [4.69, 9.17) is 9.94 Å². The van der Waals surface area contributed by atoms with Gasteiger partial charge in [0.1, 0.15) is 11.4 Å². The third-order valence-corrected chi connectivity index (χ3v) is 3.96. The topological polar surface area (TPSA) is 83.8 Å². The lowest BCUT2D eigenvalue weighted by molar-refractivity contribution is -0.121. The summed E-state index contributed by atoms with van der Waals surface area (Å²) in [7, 11) is 0. The number of aromatic nitrogens is 1. The molecule has 1 fully saturated rings. The Labute approximate surface area is 115 Å². The molecule has 1 aliphatic heterocycles.